The van der Waals surface area contributed by atoms with Crippen molar-refractivity contribution in [1.82, 2.24) is 10.6 Å². The Balaban J connectivity index is 1.31. The van der Waals surface area contributed by atoms with E-state index in [1.165, 1.54) is 11.0 Å². The summed E-state index contributed by atoms with van der Waals surface area (Å²) in [5.74, 6) is -0.749. The number of carbonyl (C=O) groups excluding carboxylic acids is 3. The van der Waals surface area contributed by atoms with Crippen molar-refractivity contribution in [3.8, 4) is 0 Å². The maximum atomic E-state index is 14.8. The standard InChI is InChI=1S/C25H27ClFN3O4/c26-18-6-4-16(5-7-18)22(31)8-9-23(32)29-14-19-15-30(25(33)34-19)21-3-1-2-20(27)24(21)17-10-12-28-13-11-17/h1-7,17,19,28H,8-15H2,(H,29,32). The number of benzene rings is 2. The fourth-order valence-electron chi connectivity index (χ4n) is 4.42. The normalized spacial score (nSPS) is 18.6. The van der Waals surface area contributed by atoms with E-state index in [0.717, 1.165) is 25.9 Å². The number of hydrogen-bond donors (Lipinski definition) is 2. The van der Waals surface area contributed by atoms with E-state index < -0.39 is 12.2 Å². The number of cyclic esters (lactones) is 1. The minimum absolute atomic E-state index is 0.0234. The number of hydrogen-bond acceptors (Lipinski definition) is 5. The van der Waals surface area contributed by atoms with Gasteiger partial charge in [0.1, 0.15) is 11.9 Å². The summed E-state index contributed by atoms with van der Waals surface area (Å²) in [5.41, 5.74) is 1.57. The van der Waals surface area contributed by atoms with Gasteiger partial charge in [-0.2, -0.15) is 0 Å². The molecule has 9 heteroatoms. The highest BCUT2D eigenvalue weighted by Crippen LogP contribution is 2.36. The second kappa shape index (κ2) is 11.0. The van der Waals surface area contributed by atoms with Gasteiger partial charge in [-0.1, -0.05) is 17.7 Å². The van der Waals surface area contributed by atoms with Gasteiger partial charge in [0.15, 0.2) is 5.78 Å². The van der Waals surface area contributed by atoms with Crippen molar-refractivity contribution in [3.63, 3.8) is 0 Å². The zero-order valence-electron chi connectivity index (χ0n) is 18.7. The van der Waals surface area contributed by atoms with E-state index >= 15 is 0 Å². The lowest BCUT2D eigenvalue weighted by atomic mass is 9.88. The van der Waals surface area contributed by atoms with Crippen molar-refractivity contribution < 1.29 is 23.5 Å². The Labute approximate surface area is 202 Å². The van der Waals surface area contributed by atoms with Crippen molar-refractivity contribution in [1.29, 1.82) is 0 Å². The van der Waals surface area contributed by atoms with Gasteiger partial charge < -0.3 is 15.4 Å². The molecule has 7 nitrogen and oxygen atoms in total. The molecule has 0 aromatic heterocycles. The van der Waals surface area contributed by atoms with Crippen molar-refractivity contribution in [2.45, 2.75) is 37.7 Å². The van der Waals surface area contributed by atoms with E-state index in [9.17, 15) is 18.8 Å². The molecule has 180 valence electrons. The highest BCUT2D eigenvalue weighted by atomic mass is 35.5. The third kappa shape index (κ3) is 5.74. The van der Waals surface area contributed by atoms with Gasteiger partial charge in [0, 0.05) is 29.0 Å². The average Bonchev–Trinajstić information content (AvgIpc) is 3.22. The predicted molar refractivity (Wildman–Crippen MR) is 127 cm³/mol. The fraction of sp³-hybridized carbons (Fsp3) is 0.400. The number of amides is 2. The first-order valence-electron chi connectivity index (χ1n) is 11.4. The van der Waals surface area contributed by atoms with Crippen LogP contribution >= 0.6 is 11.6 Å². The molecule has 2 aliphatic heterocycles. The van der Waals surface area contributed by atoms with E-state index in [1.807, 2.05) is 0 Å². The number of ether oxygens (including phenoxy) is 1. The van der Waals surface area contributed by atoms with Gasteiger partial charge in [0.2, 0.25) is 5.91 Å². The lowest BCUT2D eigenvalue weighted by Gasteiger charge is -2.27. The quantitative estimate of drug-likeness (QED) is 0.548. The number of nitrogens with one attached hydrogen (secondary N) is 2. The Bertz CT molecular complexity index is 1060. The van der Waals surface area contributed by atoms with Crippen LogP contribution in [-0.2, 0) is 9.53 Å². The van der Waals surface area contributed by atoms with E-state index in [4.69, 9.17) is 16.3 Å². The molecule has 2 aromatic rings. The fourth-order valence-corrected chi connectivity index (χ4v) is 4.55. The van der Waals surface area contributed by atoms with Gasteiger partial charge >= 0.3 is 6.09 Å². The average molecular weight is 488 g/mol. The third-order valence-electron chi connectivity index (χ3n) is 6.21. The van der Waals surface area contributed by atoms with Gasteiger partial charge in [-0.3, -0.25) is 14.5 Å². The first-order chi connectivity index (χ1) is 16.4. The number of carbonyl (C=O) groups is 3. The molecular formula is C25H27ClFN3O4. The number of Topliss-reactive ketones (excluding diaryl/α,β-unsaturated/α-hetero) is 1. The molecule has 2 aromatic carbocycles. The van der Waals surface area contributed by atoms with Crippen LogP contribution in [-0.4, -0.2) is 50.1 Å². The van der Waals surface area contributed by atoms with Crippen LogP contribution in [0.3, 0.4) is 0 Å². The predicted octanol–water partition coefficient (Wildman–Crippen LogP) is 4.05. The maximum Gasteiger partial charge on any atom is 0.414 e. The van der Waals surface area contributed by atoms with Crippen LogP contribution in [0.25, 0.3) is 0 Å². The van der Waals surface area contributed by atoms with Gasteiger partial charge in [-0.25, -0.2) is 9.18 Å². The molecule has 2 aliphatic rings. The second-order valence-corrected chi connectivity index (χ2v) is 8.98. The van der Waals surface area contributed by atoms with Crippen LogP contribution < -0.4 is 15.5 Å². The third-order valence-corrected chi connectivity index (χ3v) is 6.47. The van der Waals surface area contributed by atoms with Crippen molar-refractivity contribution >= 4 is 35.1 Å². The molecule has 0 saturated carbocycles. The van der Waals surface area contributed by atoms with Crippen molar-refractivity contribution in [2.75, 3.05) is 31.1 Å². The van der Waals surface area contributed by atoms with Crippen LogP contribution in [0.2, 0.25) is 5.02 Å². The second-order valence-electron chi connectivity index (χ2n) is 8.55. The highest BCUT2D eigenvalue weighted by Gasteiger charge is 2.35. The molecule has 2 N–H and O–H groups in total. The summed E-state index contributed by atoms with van der Waals surface area (Å²) in [6.07, 6.45) is 0.559. The molecule has 2 amide bonds. The van der Waals surface area contributed by atoms with Crippen LogP contribution in [0.4, 0.5) is 14.9 Å². The molecular weight excluding hydrogens is 461 g/mol. The Morgan fingerprint density at radius 1 is 1.12 bits per heavy atom. The summed E-state index contributed by atoms with van der Waals surface area (Å²) in [4.78, 5) is 38.5. The maximum absolute atomic E-state index is 14.8. The number of anilines is 1. The molecule has 1 atom stereocenters. The summed E-state index contributed by atoms with van der Waals surface area (Å²) in [7, 11) is 0. The zero-order valence-corrected chi connectivity index (χ0v) is 19.4. The first-order valence-corrected chi connectivity index (χ1v) is 11.8. The molecule has 0 aliphatic carbocycles. The summed E-state index contributed by atoms with van der Waals surface area (Å²) >= 11 is 5.83. The van der Waals surface area contributed by atoms with Crippen molar-refractivity contribution in [3.05, 3.63) is 64.4 Å². The Morgan fingerprint density at radius 3 is 2.59 bits per heavy atom. The summed E-state index contributed by atoms with van der Waals surface area (Å²) < 4.78 is 20.2. The molecule has 2 fully saturated rings. The zero-order chi connectivity index (χ0) is 24.1. The smallest absolute Gasteiger partial charge is 0.414 e. The van der Waals surface area contributed by atoms with Crippen molar-refractivity contribution in [2.24, 2.45) is 0 Å². The largest absolute Gasteiger partial charge is 0.442 e. The Morgan fingerprint density at radius 2 is 1.85 bits per heavy atom. The van der Waals surface area contributed by atoms with E-state index in [2.05, 4.69) is 10.6 Å². The van der Waals surface area contributed by atoms with Gasteiger partial charge in [-0.15, -0.1) is 0 Å². The van der Waals surface area contributed by atoms with E-state index in [1.54, 1.807) is 36.4 Å². The SMILES string of the molecule is O=C(CCC(=O)c1ccc(Cl)cc1)NCC1CN(c2cccc(F)c2C2CCNCC2)C(=O)O1. The van der Waals surface area contributed by atoms with Gasteiger partial charge in [0.25, 0.3) is 0 Å². The lowest BCUT2D eigenvalue weighted by molar-refractivity contribution is -0.121. The summed E-state index contributed by atoms with van der Waals surface area (Å²) in [6.45, 7) is 1.94. The number of nitrogens with zero attached hydrogens (tertiary/aromatic N) is 1. The van der Waals surface area contributed by atoms with Gasteiger partial charge in [0.05, 0.1) is 18.8 Å². The molecule has 0 radical (unpaired) electrons. The summed E-state index contributed by atoms with van der Waals surface area (Å²) in [6, 6.07) is 11.3. The van der Waals surface area contributed by atoms with Crippen LogP contribution in [0.1, 0.15) is 47.5 Å². The molecule has 34 heavy (non-hydrogen) atoms. The number of piperidine rings is 1. The lowest BCUT2D eigenvalue weighted by Crippen LogP contribution is -2.35. The number of halogens is 2. The van der Waals surface area contributed by atoms with Crippen LogP contribution in [0.15, 0.2) is 42.5 Å². The molecule has 2 heterocycles. The molecule has 2 saturated heterocycles. The molecule has 0 bridgehead atoms. The molecule has 0 spiro atoms. The Kier molecular flexibility index (Phi) is 7.80. The number of ketones is 1. The highest BCUT2D eigenvalue weighted by molar-refractivity contribution is 6.30. The van der Waals surface area contributed by atoms with Crippen LogP contribution in [0, 0.1) is 5.82 Å². The van der Waals surface area contributed by atoms with Crippen LogP contribution in [0.5, 0.6) is 0 Å². The number of rotatable bonds is 8. The minimum Gasteiger partial charge on any atom is -0.442 e. The summed E-state index contributed by atoms with van der Waals surface area (Å²) in [5, 5.41) is 6.53. The Hall–Kier alpha value is -2.97. The first kappa shape index (κ1) is 24.2. The monoisotopic (exact) mass is 487 g/mol. The van der Waals surface area contributed by atoms with E-state index in [0.29, 0.717) is 21.8 Å². The minimum atomic E-state index is -0.562. The topological polar surface area (TPSA) is 87.7 Å². The molecule has 1 unspecified atom stereocenters. The van der Waals surface area contributed by atoms with Gasteiger partial charge in [-0.05, 0) is 68.2 Å². The van der Waals surface area contributed by atoms with E-state index in [-0.39, 0.29) is 49.4 Å². The molecule has 4 rings (SSSR count).